The summed E-state index contributed by atoms with van der Waals surface area (Å²) in [7, 11) is 1.29. The first-order valence-corrected chi connectivity index (χ1v) is 11.2. The molecule has 5 heteroatoms. The van der Waals surface area contributed by atoms with Gasteiger partial charge in [0.25, 0.3) is 0 Å². The zero-order valence-corrected chi connectivity index (χ0v) is 19.6. The van der Waals surface area contributed by atoms with Gasteiger partial charge in [0.1, 0.15) is 0 Å². The van der Waals surface area contributed by atoms with Gasteiger partial charge in [-0.05, 0) is 66.8 Å². The molecule has 5 nitrogen and oxygen atoms in total. The number of carbonyl (C=O) groups is 2. The average molecular weight is 446 g/mol. The lowest BCUT2D eigenvalue weighted by molar-refractivity contribution is -0.156. The van der Waals surface area contributed by atoms with Gasteiger partial charge < -0.3 is 14.7 Å². The van der Waals surface area contributed by atoms with Crippen molar-refractivity contribution >= 4 is 29.0 Å². The molecule has 0 aliphatic heterocycles. The fourth-order valence-corrected chi connectivity index (χ4v) is 4.43. The Labute approximate surface area is 195 Å². The second-order valence-corrected chi connectivity index (χ2v) is 8.29. The molecule has 3 aromatic rings. The number of nitrogens with zero attached hydrogens (tertiary/aromatic N) is 1. The molecule has 0 aliphatic carbocycles. The van der Waals surface area contributed by atoms with Crippen molar-refractivity contribution in [1.29, 1.82) is 0 Å². The number of carboxylic acids is 1. The first-order valence-electron chi connectivity index (χ1n) is 11.2. The molecular formula is C28H31NO4. The number of carbonyl (C=O) groups excluding carboxylic acids is 1. The smallest absolute Gasteiger partial charge is 0.309 e. The second-order valence-electron chi connectivity index (χ2n) is 8.29. The van der Waals surface area contributed by atoms with Crippen LogP contribution < -0.4 is 4.90 Å². The molecule has 0 fully saturated rings. The van der Waals surface area contributed by atoms with Gasteiger partial charge in [-0.2, -0.15) is 0 Å². The topological polar surface area (TPSA) is 66.8 Å². The highest BCUT2D eigenvalue weighted by atomic mass is 16.5. The Morgan fingerprint density at radius 3 is 2.06 bits per heavy atom. The van der Waals surface area contributed by atoms with E-state index in [0.717, 1.165) is 28.2 Å². The molecule has 0 heterocycles. The van der Waals surface area contributed by atoms with Crippen LogP contribution in [0.15, 0.2) is 78.9 Å². The lowest BCUT2D eigenvalue weighted by atomic mass is 9.77. The maximum Gasteiger partial charge on any atom is 0.309 e. The van der Waals surface area contributed by atoms with Gasteiger partial charge in [-0.15, -0.1) is 0 Å². The molecule has 172 valence electrons. The molecule has 1 N–H and O–H groups in total. The van der Waals surface area contributed by atoms with Crippen molar-refractivity contribution < 1.29 is 19.4 Å². The summed E-state index contributed by atoms with van der Waals surface area (Å²) in [5.41, 5.74) is 5.10. The third-order valence-electron chi connectivity index (χ3n) is 6.12. The van der Waals surface area contributed by atoms with E-state index >= 15 is 0 Å². The Hall–Kier alpha value is -3.60. The van der Waals surface area contributed by atoms with Gasteiger partial charge in [0, 0.05) is 17.1 Å². The van der Waals surface area contributed by atoms with E-state index in [-0.39, 0.29) is 5.92 Å². The molecule has 0 saturated carbocycles. The van der Waals surface area contributed by atoms with Crippen LogP contribution in [0.5, 0.6) is 0 Å². The van der Waals surface area contributed by atoms with Crippen LogP contribution in [0.1, 0.15) is 37.3 Å². The Morgan fingerprint density at radius 2 is 1.52 bits per heavy atom. The van der Waals surface area contributed by atoms with Crippen molar-refractivity contribution in [3.05, 3.63) is 90.0 Å². The van der Waals surface area contributed by atoms with Crippen LogP contribution in [0.4, 0.5) is 17.1 Å². The SMILES string of the molecule is CCC(c1ccc(N(c2ccccc2)c2cccc(C)c2)cc1)C(C(=O)O)C(C)C(=O)OC. The van der Waals surface area contributed by atoms with Crippen molar-refractivity contribution in [2.45, 2.75) is 33.1 Å². The summed E-state index contributed by atoms with van der Waals surface area (Å²) in [6, 6.07) is 26.4. The number of para-hydroxylation sites is 1. The van der Waals surface area contributed by atoms with Crippen LogP contribution in [-0.2, 0) is 14.3 Å². The average Bonchev–Trinajstić information content (AvgIpc) is 2.83. The predicted molar refractivity (Wildman–Crippen MR) is 131 cm³/mol. The van der Waals surface area contributed by atoms with Crippen LogP contribution in [0.2, 0.25) is 0 Å². The van der Waals surface area contributed by atoms with Crippen molar-refractivity contribution in [3.8, 4) is 0 Å². The maximum atomic E-state index is 12.1. The van der Waals surface area contributed by atoms with Crippen molar-refractivity contribution in [1.82, 2.24) is 0 Å². The Balaban J connectivity index is 2.00. The van der Waals surface area contributed by atoms with E-state index in [1.165, 1.54) is 7.11 Å². The number of methoxy groups -OCH3 is 1. The number of hydrogen-bond donors (Lipinski definition) is 1. The summed E-state index contributed by atoms with van der Waals surface area (Å²) in [6.45, 7) is 5.63. The lowest BCUT2D eigenvalue weighted by Crippen LogP contribution is -2.33. The third-order valence-corrected chi connectivity index (χ3v) is 6.12. The van der Waals surface area contributed by atoms with E-state index in [1.54, 1.807) is 6.92 Å². The van der Waals surface area contributed by atoms with Gasteiger partial charge >= 0.3 is 11.9 Å². The van der Waals surface area contributed by atoms with Gasteiger partial charge in [0.15, 0.2) is 0 Å². The summed E-state index contributed by atoms with van der Waals surface area (Å²) in [6.07, 6.45) is 0.595. The molecular weight excluding hydrogens is 414 g/mol. The Bertz CT molecular complexity index is 1080. The normalized spacial score (nSPS) is 13.6. The summed E-state index contributed by atoms with van der Waals surface area (Å²) >= 11 is 0. The number of anilines is 3. The highest BCUT2D eigenvalue weighted by Gasteiger charge is 2.37. The van der Waals surface area contributed by atoms with Gasteiger partial charge in [0.05, 0.1) is 18.9 Å². The molecule has 3 aromatic carbocycles. The molecule has 3 atom stereocenters. The Morgan fingerprint density at radius 1 is 0.909 bits per heavy atom. The van der Waals surface area contributed by atoms with Gasteiger partial charge in [0.2, 0.25) is 0 Å². The number of hydrogen-bond acceptors (Lipinski definition) is 4. The van der Waals surface area contributed by atoms with E-state index in [1.807, 2.05) is 55.5 Å². The van der Waals surface area contributed by atoms with Crippen LogP contribution >= 0.6 is 0 Å². The van der Waals surface area contributed by atoms with E-state index in [4.69, 9.17) is 4.74 Å². The van der Waals surface area contributed by atoms with Crippen LogP contribution in [0, 0.1) is 18.8 Å². The van der Waals surface area contributed by atoms with E-state index < -0.39 is 23.8 Å². The Kier molecular flexibility index (Phi) is 7.88. The molecule has 33 heavy (non-hydrogen) atoms. The lowest BCUT2D eigenvalue weighted by Gasteiger charge is -2.29. The van der Waals surface area contributed by atoms with Crippen molar-refractivity contribution in [2.75, 3.05) is 12.0 Å². The minimum Gasteiger partial charge on any atom is -0.481 e. The van der Waals surface area contributed by atoms with E-state index in [2.05, 4.69) is 42.2 Å². The number of aryl methyl sites for hydroxylation is 1. The first-order chi connectivity index (χ1) is 15.9. The van der Waals surface area contributed by atoms with E-state index in [0.29, 0.717) is 6.42 Å². The molecule has 0 aliphatic rings. The van der Waals surface area contributed by atoms with Gasteiger partial charge in [-0.3, -0.25) is 9.59 Å². The number of aliphatic carboxylic acids is 1. The predicted octanol–water partition coefficient (Wildman–Crippen LogP) is 6.47. The number of rotatable bonds is 9. The third kappa shape index (κ3) is 5.43. The number of carboxylic acid groups (broad SMARTS) is 1. The molecule has 0 saturated heterocycles. The zero-order valence-electron chi connectivity index (χ0n) is 19.6. The number of esters is 1. The van der Waals surface area contributed by atoms with Crippen LogP contribution in [0.3, 0.4) is 0 Å². The largest absolute Gasteiger partial charge is 0.481 e. The fourth-order valence-electron chi connectivity index (χ4n) is 4.43. The number of ether oxygens (including phenoxy) is 1. The fraction of sp³-hybridized carbons (Fsp3) is 0.286. The molecule has 0 spiro atoms. The van der Waals surface area contributed by atoms with E-state index in [9.17, 15) is 14.7 Å². The molecule has 0 aromatic heterocycles. The van der Waals surface area contributed by atoms with Crippen LogP contribution in [0.25, 0.3) is 0 Å². The molecule has 0 radical (unpaired) electrons. The first kappa shape index (κ1) is 24.1. The highest BCUT2D eigenvalue weighted by Crippen LogP contribution is 2.38. The molecule has 0 amide bonds. The maximum absolute atomic E-state index is 12.1. The molecule has 3 unspecified atom stereocenters. The highest BCUT2D eigenvalue weighted by molar-refractivity contribution is 5.82. The number of benzene rings is 3. The van der Waals surface area contributed by atoms with Gasteiger partial charge in [-0.25, -0.2) is 0 Å². The summed E-state index contributed by atoms with van der Waals surface area (Å²) < 4.78 is 4.82. The standard InChI is InChI=1S/C28H31NO4/c1-5-25(26(27(30)31)20(3)28(32)33-4)21-14-16-23(17-15-21)29(22-11-7-6-8-12-22)24-13-9-10-19(2)18-24/h6-18,20,25-26H,5H2,1-4H3,(H,30,31). The summed E-state index contributed by atoms with van der Waals surface area (Å²) in [5.74, 6) is -3.42. The van der Waals surface area contributed by atoms with Gasteiger partial charge in [-0.1, -0.05) is 56.3 Å². The second kappa shape index (κ2) is 10.8. The summed E-state index contributed by atoms with van der Waals surface area (Å²) in [4.78, 5) is 26.4. The van der Waals surface area contributed by atoms with Crippen molar-refractivity contribution in [3.63, 3.8) is 0 Å². The van der Waals surface area contributed by atoms with Crippen LogP contribution in [-0.4, -0.2) is 24.2 Å². The molecule has 0 bridgehead atoms. The zero-order chi connectivity index (χ0) is 24.0. The molecule has 3 rings (SSSR count). The summed E-state index contributed by atoms with van der Waals surface area (Å²) in [5, 5.41) is 9.90. The minimum atomic E-state index is -0.991. The van der Waals surface area contributed by atoms with Crippen molar-refractivity contribution in [2.24, 2.45) is 11.8 Å². The quantitative estimate of drug-likeness (QED) is 0.382. The monoisotopic (exact) mass is 445 g/mol. The minimum absolute atomic E-state index is 0.310.